The summed E-state index contributed by atoms with van der Waals surface area (Å²) in [4.78, 5) is 13.4. The van der Waals surface area contributed by atoms with Gasteiger partial charge in [0.2, 0.25) is 11.7 Å². The molecule has 0 amide bonds. The summed E-state index contributed by atoms with van der Waals surface area (Å²) in [7, 11) is 0. The Morgan fingerprint density at radius 2 is 2.25 bits per heavy atom. The van der Waals surface area contributed by atoms with Crippen LogP contribution >= 0.6 is 11.3 Å². The molecule has 0 aliphatic heterocycles. The Bertz CT molecular complexity index is 932. The maximum absolute atomic E-state index is 9.53. The highest BCUT2D eigenvalue weighted by Gasteiger charge is 2.14. The molecule has 0 unspecified atom stereocenters. The molecule has 9 heteroatoms. The summed E-state index contributed by atoms with van der Waals surface area (Å²) in [5.41, 5.74) is 2.07. The number of aromatic nitrogens is 6. The van der Waals surface area contributed by atoms with Crippen molar-refractivity contribution in [3.05, 3.63) is 53.8 Å². The van der Waals surface area contributed by atoms with Gasteiger partial charge in [-0.05, 0) is 11.4 Å². The molecular weight excluding hydrogens is 328 g/mol. The Labute approximate surface area is 140 Å². The first-order valence-corrected chi connectivity index (χ1v) is 8.01. The highest BCUT2D eigenvalue weighted by atomic mass is 32.1. The van der Waals surface area contributed by atoms with Crippen LogP contribution in [0.5, 0.6) is 0 Å². The predicted molar refractivity (Wildman–Crippen MR) is 85.9 cm³/mol. The minimum Gasteiger partial charge on any atom is -0.392 e. The van der Waals surface area contributed by atoms with Crippen molar-refractivity contribution < 1.29 is 9.63 Å². The molecule has 4 rings (SSSR count). The van der Waals surface area contributed by atoms with Gasteiger partial charge in [0.1, 0.15) is 17.9 Å². The van der Waals surface area contributed by atoms with E-state index in [-0.39, 0.29) is 6.61 Å². The molecule has 0 aromatic carbocycles. The second-order valence-electron chi connectivity index (χ2n) is 4.94. The van der Waals surface area contributed by atoms with Gasteiger partial charge in [-0.15, -0.1) is 11.3 Å². The van der Waals surface area contributed by atoms with Gasteiger partial charge in [0.05, 0.1) is 17.7 Å². The largest absolute Gasteiger partial charge is 0.392 e. The molecule has 0 saturated heterocycles. The molecule has 24 heavy (non-hydrogen) atoms. The Morgan fingerprint density at radius 1 is 1.29 bits per heavy atom. The van der Waals surface area contributed by atoms with Crippen LogP contribution in [-0.2, 0) is 13.2 Å². The molecule has 1 N–H and O–H groups in total. The average molecular weight is 340 g/mol. The topological polar surface area (TPSA) is 103 Å². The van der Waals surface area contributed by atoms with Crippen LogP contribution in [0.15, 0.2) is 46.8 Å². The maximum Gasteiger partial charge on any atom is 0.248 e. The molecule has 120 valence electrons. The van der Waals surface area contributed by atoms with Crippen LogP contribution in [0.4, 0.5) is 0 Å². The lowest BCUT2D eigenvalue weighted by Crippen LogP contribution is -2.00. The molecule has 0 spiro atoms. The van der Waals surface area contributed by atoms with Gasteiger partial charge in [0, 0.05) is 24.2 Å². The van der Waals surface area contributed by atoms with Crippen molar-refractivity contribution >= 4 is 11.3 Å². The fraction of sp³-hybridized carbons (Fsp3) is 0.133. The molecule has 0 radical (unpaired) electrons. The predicted octanol–water partition coefficient (Wildman–Crippen LogP) is 1.99. The van der Waals surface area contributed by atoms with Crippen LogP contribution < -0.4 is 0 Å². The number of hydrogen-bond acceptors (Lipinski definition) is 8. The quantitative estimate of drug-likeness (QED) is 0.592. The number of aliphatic hydroxyl groups excluding tert-OH is 1. The first-order chi connectivity index (χ1) is 11.8. The summed E-state index contributed by atoms with van der Waals surface area (Å²) < 4.78 is 6.92. The SMILES string of the molecule is OCc1cn(Cc2nc(-c3cnccn3)no2)nc1-c1cccs1. The van der Waals surface area contributed by atoms with Gasteiger partial charge in [-0.1, -0.05) is 11.2 Å². The number of thiophene rings is 1. The van der Waals surface area contributed by atoms with E-state index in [9.17, 15) is 5.11 Å². The van der Waals surface area contributed by atoms with Crippen LogP contribution in [0.25, 0.3) is 22.1 Å². The fourth-order valence-corrected chi connectivity index (χ4v) is 3.00. The van der Waals surface area contributed by atoms with Gasteiger partial charge in [0.15, 0.2) is 0 Å². The van der Waals surface area contributed by atoms with E-state index in [0.29, 0.717) is 24.0 Å². The van der Waals surface area contributed by atoms with E-state index in [1.807, 2.05) is 17.5 Å². The molecule has 0 bridgehead atoms. The Morgan fingerprint density at radius 3 is 3.00 bits per heavy atom. The van der Waals surface area contributed by atoms with Crippen LogP contribution in [0, 0.1) is 0 Å². The first kappa shape index (κ1) is 14.7. The molecule has 0 aliphatic carbocycles. The normalized spacial score (nSPS) is 11.0. The minimum absolute atomic E-state index is 0.0814. The zero-order chi connectivity index (χ0) is 16.4. The average Bonchev–Trinajstić information content (AvgIpc) is 3.36. The molecule has 4 aromatic heterocycles. The smallest absolute Gasteiger partial charge is 0.248 e. The Balaban J connectivity index is 1.59. The summed E-state index contributed by atoms with van der Waals surface area (Å²) in [5, 5.41) is 19.9. The van der Waals surface area contributed by atoms with Gasteiger partial charge in [-0.3, -0.25) is 9.67 Å². The lowest BCUT2D eigenvalue weighted by molar-refractivity contribution is 0.282. The van der Waals surface area contributed by atoms with Gasteiger partial charge >= 0.3 is 0 Å². The van der Waals surface area contributed by atoms with E-state index in [4.69, 9.17) is 4.52 Å². The van der Waals surface area contributed by atoms with Crippen LogP contribution in [0.3, 0.4) is 0 Å². The molecule has 0 atom stereocenters. The summed E-state index contributed by atoms with van der Waals surface area (Å²) in [6.45, 7) is 0.230. The molecule has 4 aromatic rings. The number of nitrogens with zero attached hydrogens (tertiary/aromatic N) is 6. The number of rotatable bonds is 5. The van der Waals surface area contributed by atoms with Crippen LogP contribution in [0.2, 0.25) is 0 Å². The van der Waals surface area contributed by atoms with E-state index in [0.717, 1.165) is 16.1 Å². The zero-order valence-electron chi connectivity index (χ0n) is 12.4. The summed E-state index contributed by atoms with van der Waals surface area (Å²) in [6.07, 6.45) is 6.50. The third-order valence-electron chi connectivity index (χ3n) is 3.32. The lowest BCUT2D eigenvalue weighted by atomic mass is 10.2. The molecule has 0 fully saturated rings. The molecule has 4 heterocycles. The molecule has 0 saturated carbocycles. The Hall–Kier alpha value is -2.91. The van der Waals surface area contributed by atoms with Crippen molar-refractivity contribution in [3.63, 3.8) is 0 Å². The van der Waals surface area contributed by atoms with Crippen molar-refractivity contribution in [1.29, 1.82) is 0 Å². The molecular formula is C15H12N6O2S. The van der Waals surface area contributed by atoms with Gasteiger partial charge in [0.25, 0.3) is 0 Å². The summed E-state index contributed by atoms with van der Waals surface area (Å²) in [6, 6.07) is 3.92. The van der Waals surface area contributed by atoms with E-state index in [1.54, 1.807) is 40.8 Å². The van der Waals surface area contributed by atoms with Gasteiger partial charge in [-0.25, -0.2) is 4.98 Å². The summed E-state index contributed by atoms with van der Waals surface area (Å²) >= 11 is 1.57. The monoisotopic (exact) mass is 340 g/mol. The van der Waals surface area contributed by atoms with Crippen molar-refractivity contribution in [1.82, 2.24) is 29.9 Å². The summed E-state index contributed by atoms with van der Waals surface area (Å²) in [5.74, 6) is 0.784. The highest BCUT2D eigenvalue weighted by molar-refractivity contribution is 7.13. The molecule has 8 nitrogen and oxygen atoms in total. The van der Waals surface area contributed by atoms with Gasteiger partial charge in [-0.2, -0.15) is 10.1 Å². The van der Waals surface area contributed by atoms with E-state index < -0.39 is 0 Å². The Kier molecular flexibility index (Phi) is 3.85. The van der Waals surface area contributed by atoms with Crippen molar-refractivity contribution in [2.45, 2.75) is 13.2 Å². The second kappa shape index (κ2) is 6.30. The number of hydrogen-bond donors (Lipinski definition) is 1. The fourth-order valence-electron chi connectivity index (χ4n) is 2.26. The van der Waals surface area contributed by atoms with E-state index in [2.05, 4.69) is 25.2 Å². The third-order valence-corrected chi connectivity index (χ3v) is 4.20. The van der Waals surface area contributed by atoms with E-state index in [1.165, 1.54) is 0 Å². The van der Waals surface area contributed by atoms with E-state index >= 15 is 0 Å². The van der Waals surface area contributed by atoms with Crippen molar-refractivity contribution in [2.75, 3.05) is 0 Å². The highest BCUT2D eigenvalue weighted by Crippen LogP contribution is 2.26. The minimum atomic E-state index is -0.0814. The van der Waals surface area contributed by atoms with Crippen molar-refractivity contribution in [3.8, 4) is 22.1 Å². The number of aliphatic hydroxyl groups is 1. The van der Waals surface area contributed by atoms with Crippen molar-refractivity contribution in [2.24, 2.45) is 0 Å². The molecule has 0 aliphatic rings. The van der Waals surface area contributed by atoms with Gasteiger partial charge < -0.3 is 9.63 Å². The zero-order valence-corrected chi connectivity index (χ0v) is 13.2. The maximum atomic E-state index is 9.53. The van der Waals surface area contributed by atoms with Crippen LogP contribution in [-0.4, -0.2) is 35.0 Å². The third kappa shape index (κ3) is 2.82. The second-order valence-corrected chi connectivity index (χ2v) is 5.89. The lowest BCUT2D eigenvalue weighted by Gasteiger charge is -1.95. The standard InChI is InChI=1S/C15H12N6O2S/c22-9-10-7-21(19-14(10)12-2-1-5-24-12)8-13-18-15(20-23-13)11-6-16-3-4-17-11/h1-7,22H,8-9H2. The first-order valence-electron chi connectivity index (χ1n) is 7.13. The van der Waals surface area contributed by atoms with Crippen LogP contribution in [0.1, 0.15) is 11.5 Å².